The molecular formula is C28H26F4N4O7S. The predicted octanol–water partition coefficient (Wildman–Crippen LogP) is 3.85. The number of benzene rings is 2. The number of aromatic nitrogens is 2. The number of hydrogen-bond acceptors (Lipinski definition) is 7. The van der Waals surface area contributed by atoms with Gasteiger partial charge in [-0.25, -0.2) is 17.6 Å². The highest BCUT2D eigenvalue weighted by molar-refractivity contribution is 7.92. The molecule has 2 amide bonds. The van der Waals surface area contributed by atoms with Crippen LogP contribution in [-0.2, 0) is 21.2 Å². The van der Waals surface area contributed by atoms with Crippen molar-refractivity contribution in [2.24, 2.45) is 17.8 Å². The van der Waals surface area contributed by atoms with Gasteiger partial charge >= 0.3 is 11.5 Å². The first kappa shape index (κ1) is 31.0. The van der Waals surface area contributed by atoms with Gasteiger partial charge in [0.2, 0.25) is 5.91 Å². The number of carbonyl (C=O) groups excluding carboxylic acids is 2. The van der Waals surface area contributed by atoms with E-state index < -0.39 is 55.8 Å². The monoisotopic (exact) mass is 638 g/mol. The van der Waals surface area contributed by atoms with Gasteiger partial charge in [0.15, 0.2) is 5.69 Å². The summed E-state index contributed by atoms with van der Waals surface area (Å²) in [7, 11) is -4.39. The van der Waals surface area contributed by atoms with Crippen LogP contribution in [0.3, 0.4) is 0 Å². The zero-order valence-corrected chi connectivity index (χ0v) is 23.8. The number of nitrogens with zero attached hydrogens (tertiary/aromatic N) is 2. The second-order valence-corrected chi connectivity index (χ2v) is 12.6. The Hall–Kier alpha value is -4.47. The largest absolute Gasteiger partial charge is 0.501 e. The molecule has 1 aromatic heterocycles. The molecule has 3 aromatic rings. The third-order valence-corrected chi connectivity index (χ3v) is 9.52. The van der Waals surface area contributed by atoms with Crippen molar-refractivity contribution in [3.63, 3.8) is 0 Å². The highest BCUT2D eigenvalue weighted by Crippen LogP contribution is 2.49. The van der Waals surface area contributed by atoms with Crippen molar-refractivity contribution in [2.45, 2.75) is 42.3 Å². The molecule has 2 aliphatic carbocycles. The molecule has 2 saturated carbocycles. The summed E-state index contributed by atoms with van der Waals surface area (Å²) < 4.78 is 84.1. The van der Waals surface area contributed by atoms with Crippen LogP contribution < -0.4 is 15.4 Å². The SMILES string of the molecule is COc1cc(F)c(Cn2ccc(C(=O)O)n2)cc1C(=O)N[C@@H]1[C@H]2CC[C@H](C2)[C@@H]1C(=O)Nc1cccc(S(=O)(=O)C(F)(F)F)c1. The second kappa shape index (κ2) is 11.6. The minimum atomic E-state index is -5.63. The lowest BCUT2D eigenvalue weighted by molar-refractivity contribution is -0.122. The number of carboxylic acid groups (broad SMARTS) is 1. The van der Waals surface area contributed by atoms with Gasteiger partial charge in [-0.1, -0.05) is 6.07 Å². The molecule has 5 rings (SSSR count). The molecule has 0 unspecified atom stereocenters. The van der Waals surface area contributed by atoms with Crippen molar-refractivity contribution in [3.8, 4) is 5.75 Å². The normalized spacial score (nSPS) is 21.2. The zero-order valence-electron chi connectivity index (χ0n) is 23.0. The molecule has 2 aromatic carbocycles. The first-order valence-corrected chi connectivity index (χ1v) is 14.8. The molecule has 234 valence electrons. The Morgan fingerprint density at radius 3 is 2.50 bits per heavy atom. The minimum absolute atomic E-state index is 0.0203. The lowest BCUT2D eigenvalue weighted by Gasteiger charge is -2.31. The number of rotatable bonds is 9. The molecule has 1 heterocycles. The van der Waals surface area contributed by atoms with E-state index in [9.17, 15) is 40.4 Å². The summed E-state index contributed by atoms with van der Waals surface area (Å²) in [5.74, 6) is -4.32. The molecule has 0 radical (unpaired) electrons. The van der Waals surface area contributed by atoms with E-state index in [1.165, 1.54) is 36.2 Å². The molecular weight excluding hydrogens is 612 g/mol. The highest BCUT2D eigenvalue weighted by atomic mass is 32.2. The maximum Gasteiger partial charge on any atom is 0.501 e. The van der Waals surface area contributed by atoms with Crippen LogP contribution in [0.15, 0.2) is 53.6 Å². The number of amides is 2. The Labute approximate surface area is 248 Å². The third-order valence-electron chi connectivity index (χ3n) is 8.04. The van der Waals surface area contributed by atoms with Crippen LogP contribution in [0.1, 0.15) is 45.7 Å². The molecule has 16 heteroatoms. The van der Waals surface area contributed by atoms with Crippen LogP contribution in [0.2, 0.25) is 0 Å². The van der Waals surface area contributed by atoms with Crippen LogP contribution in [0.25, 0.3) is 0 Å². The van der Waals surface area contributed by atoms with E-state index in [2.05, 4.69) is 15.7 Å². The van der Waals surface area contributed by atoms with Crippen molar-refractivity contribution >= 4 is 33.3 Å². The summed E-state index contributed by atoms with van der Waals surface area (Å²) >= 11 is 0. The number of halogens is 4. The first-order chi connectivity index (χ1) is 20.7. The van der Waals surface area contributed by atoms with Crippen molar-refractivity contribution in [1.82, 2.24) is 15.1 Å². The van der Waals surface area contributed by atoms with Crippen LogP contribution >= 0.6 is 0 Å². The van der Waals surface area contributed by atoms with Gasteiger partial charge in [0.05, 0.1) is 30.0 Å². The first-order valence-electron chi connectivity index (χ1n) is 13.4. The van der Waals surface area contributed by atoms with Crippen molar-refractivity contribution < 1.29 is 50.2 Å². The van der Waals surface area contributed by atoms with E-state index in [0.29, 0.717) is 12.8 Å². The summed E-state index contributed by atoms with van der Waals surface area (Å²) in [5, 5.41) is 18.3. The summed E-state index contributed by atoms with van der Waals surface area (Å²) in [6.07, 6.45) is 3.36. The summed E-state index contributed by atoms with van der Waals surface area (Å²) in [6.45, 7) is -0.189. The van der Waals surface area contributed by atoms with E-state index in [4.69, 9.17) is 9.84 Å². The average molecular weight is 639 g/mol. The van der Waals surface area contributed by atoms with Gasteiger partial charge in [0, 0.05) is 29.6 Å². The van der Waals surface area contributed by atoms with E-state index in [1.54, 1.807) is 0 Å². The Kier molecular flexibility index (Phi) is 8.13. The lowest BCUT2D eigenvalue weighted by Crippen LogP contribution is -2.48. The number of sulfone groups is 1. The highest BCUT2D eigenvalue weighted by Gasteiger charge is 2.52. The van der Waals surface area contributed by atoms with E-state index >= 15 is 0 Å². The fraction of sp³-hybridized carbons (Fsp3) is 0.357. The van der Waals surface area contributed by atoms with Crippen LogP contribution in [0, 0.1) is 23.6 Å². The number of alkyl halides is 3. The number of carboxylic acids is 1. The van der Waals surface area contributed by atoms with Gasteiger partial charge < -0.3 is 20.5 Å². The number of aromatic carboxylic acids is 1. The molecule has 0 saturated heterocycles. The van der Waals surface area contributed by atoms with E-state index in [-0.39, 0.29) is 46.6 Å². The Bertz CT molecular complexity index is 1740. The molecule has 0 spiro atoms. The smallest absolute Gasteiger partial charge is 0.496 e. The number of carbonyl (C=O) groups is 3. The number of methoxy groups -OCH3 is 1. The maximum atomic E-state index is 14.9. The number of anilines is 1. The van der Waals surface area contributed by atoms with Gasteiger partial charge in [-0.3, -0.25) is 14.3 Å². The van der Waals surface area contributed by atoms with Gasteiger partial charge in [-0.2, -0.15) is 18.3 Å². The van der Waals surface area contributed by atoms with Crippen LogP contribution in [0.4, 0.5) is 23.2 Å². The van der Waals surface area contributed by atoms with E-state index in [0.717, 1.165) is 30.7 Å². The standard InChI is InChI=1S/C28H26F4N4O7S/c1-43-22-12-20(29)16(13-36-8-7-21(35-36)27(39)40)10-19(22)25(37)34-24-15-6-5-14(9-15)23(24)26(38)33-17-3-2-4-18(11-17)44(41,42)28(30,31)32/h2-4,7-8,10-12,14-15,23-24H,5-6,9,13H2,1H3,(H,33,38)(H,34,37)(H,39,40)/t14-,15+,23+,24-/m1/s1. The Morgan fingerprint density at radius 2 is 1.84 bits per heavy atom. The Balaban J connectivity index is 1.36. The van der Waals surface area contributed by atoms with Gasteiger partial charge in [0.25, 0.3) is 15.7 Å². The molecule has 2 bridgehead atoms. The number of nitrogens with one attached hydrogen (secondary N) is 2. The van der Waals surface area contributed by atoms with Crippen molar-refractivity contribution in [2.75, 3.05) is 12.4 Å². The quantitative estimate of drug-likeness (QED) is 0.299. The lowest BCUT2D eigenvalue weighted by atomic mass is 9.83. The average Bonchev–Trinajstić information content (AvgIpc) is 3.70. The summed E-state index contributed by atoms with van der Waals surface area (Å²) in [5.41, 5.74) is -5.93. The number of hydrogen-bond donors (Lipinski definition) is 3. The molecule has 4 atom stereocenters. The third kappa shape index (κ3) is 5.85. The summed E-state index contributed by atoms with van der Waals surface area (Å²) in [4.78, 5) is 37.0. The summed E-state index contributed by atoms with van der Waals surface area (Å²) in [6, 6.07) is 6.68. The molecule has 11 nitrogen and oxygen atoms in total. The van der Waals surface area contributed by atoms with Crippen molar-refractivity contribution in [1.29, 1.82) is 0 Å². The van der Waals surface area contributed by atoms with Gasteiger partial charge in [-0.15, -0.1) is 0 Å². The molecule has 2 aliphatic rings. The molecule has 0 aliphatic heterocycles. The Morgan fingerprint density at radius 1 is 1.11 bits per heavy atom. The fourth-order valence-corrected chi connectivity index (χ4v) is 6.82. The molecule has 2 fully saturated rings. The number of ether oxygens (including phenoxy) is 1. The second-order valence-electron chi connectivity index (χ2n) is 10.7. The zero-order chi connectivity index (χ0) is 32.0. The van der Waals surface area contributed by atoms with Crippen LogP contribution in [-0.4, -0.2) is 59.7 Å². The van der Waals surface area contributed by atoms with E-state index in [1.807, 2.05) is 0 Å². The van der Waals surface area contributed by atoms with Crippen molar-refractivity contribution in [3.05, 3.63) is 71.3 Å². The van der Waals surface area contributed by atoms with Gasteiger partial charge in [0.1, 0.15) is 11.6 Å². The van der Waals surface area contributed by atoms with Crippen LogP contribution in [0.5, 0.6) is 5.75 Å². The predicted molar refractivity (Wildman–Crippen MR) is 145 cm³/mol. The minimum Gasteiger partial charge on any atom is -0.496 e. The molecule has 44 heavy (non-hydrogen) atoms. The number of fused-ring (bicyclic) bond motifs is 2. The fourth-order valence-electron chi connectivity index (χ4n) is 6.01. The van der Waals surface area contributed by atoms with Gasteiger partial charge in [-0.05, 0) is 61.4 Å². The maximum absolute atomic E-state index is 14.9. The topological polar surface area (TPSA) is 157 Å². The molecule has 3 N–H and O–H groups in total.